The van der Waals surface area contributed by atoms with Crippen molar-refractivity contribution in [3.05, 3.63) is 29.8 Å². The number of aliphatic carboxylic acids is 1. The predicted molar refractivity (Wildman–Crippen MR) is 92.6 cm³/mol. The second-order valence-electron chi connectivity index (χ2n) is 5.47. The normalized spacial score (nSPS) is 12.4. The first kappa shape index (κ1) is 20.0. The van der Waals surface area contributed by atoms with E-state index in [-0.39, 0.29) is 17.0 Å². The van der Waals surface area contributed by atoms with Gasteiger partial charge in [0.2, 0.25) is 10.0 Å². The Kier molecular flexibility index (Phi) is 7.70. The molecule has 0 fully saturated rings. The minimum atomic E-state index is -3.55. The van der Waals surface area contributed by atoms with Gasteiger partial charge in [-0.15, -0.1) is 0 Å². The minimum Gasteiger partial charge on any atom is -0.480 e. The van der Waals surface area contributed by atoms with Crippen molar-refractivity contribution < 1.29 is 23.1 Å². The van der Waals surface area contributed by atoms with E-state index in [1.54, 1.807) is 19.1 Å². The monoisotopic (exact) mass is 356 g/mol. The number of rotatable bonds is 10. The van der Waals surface area contributed by atoms with Crippen molar-refractivity contribution in [2.45, 2.75) is 45.6 Å². The smallest absolute Gasteiger partial charge is 0.326 e. The first-order valence-corrected chi connectivity index (χ1v) is 9.59. The third-order valence-electron chi connectivity index (χ3n) is 3.36. The molecule has 24 heavy (non-hydrogen) atoms. The number of carboxylic acid groups (broad SMARTS) is 1. The molecule has 0 saturated carbocycles. The number of carboxylic acids is 1. The molecule has 0 aliphatic heterocycles. The lowest BCUT2D eigenvalue weighted by atomic mass is 10.1. The van der Waals surface area contributed by atoms with Crippen LogP contribution in [-0.2, 0) is 14.8 Å². The summed E-state index contributed by atoms with van der Waals surface area (Å²) in [5.74, 6) is -1.79. The summed E-state index contributed by atoms with van der Waals surface area (Å²) in [4.78, 5) is 23.6. The Bertz CT molecular complexity index is 673. The molecule has 3 N–H and O–H groups in total. The van der Waals surface area contributed by atoms with Gasteiger partial charge >= 0.3 is 5.97 Å². The number of hydrogen-bond acceptors (Lipinski definition) is 4. The van der Waals surface area contributed by atoms with Crippen LogP contribution in [0, 0.1) is 0 Å². The molecule has 1 rings (SSSR count). The zero-order chi connectivity index (χ0) is 18.2. The Morgan fingerprint density at radius 2 is 1.83 bits per heavy atom. The molecular weight excluding hydrogens is 332 g/mol. The SMILES string of the molecule is CCCCC(NC(=O)c1ccccc1NS(=O)(=O)CCC)C(=O)O. The van der Waals surface area contributed by atoms with E-state index in [0.717, 1.165) is 6.42 Å². The highest BCUT2D eigenvalue weighted by molar-refractivity contribution is 7.92. The minimum absolute atomic E-state index is 0.0583. The Labute approximate surface area is 142 Å². The Hall–Kier alpha value is -2.09. The summed E-state index contributed by atoms with van der Waals surface area (Å²) in [6, 6.07) is 5.13. The number of carbonyl (C=O) groups is 2. The van der Waals surface area contributed by atoms with E-state index in [9.17, 15) is 23.1 Å². The van der Waals surface area contributed by atoms with Crippen LogP contribution in [0.2, 0.25) is 0 Å². The molecule has 1 atom stereocenters. The van der Waals surface area contributed by atoms with Crippen LogP contribution in [0.1, 0.15) is 49.9 Å². The van der Waals surface area contributed by atoms with Gasteiger partial charge in [0.05, 0.1) is 17.0 Å². The number of anilines is 1. The van der Waals surface area contributed by atoms with Crippen molar-refractivity contribution in [2.24, 2.45) is 0 Å². The number of sulfonamides is 1. The maximum Gasteiger partial charge on any atom is 0.326 e. The number of amides is 1. The van der Waals surface area contributed by atoms with E-state index in [2.05, 4.69) is 10.0 Å². The van der Waals surface area contributed by atoms with Crippen molar-refractivity contribution in [3.63, 3.8) is 0 Å². The van der Waals surface area contributed by atoms with Gasteiger partial charge in [-0.05, 0) is 25.0 Å². The molecule has 134 valence electrons. The molecular formula is C16H24N2O5S. The van der Waals surface area contributed by atoms with E-state index in [0.29, 0.717) is 19.3 Å². The zero-order valence-electron chi connectivity index (χ0n) is 13.9. The molecule has 0 saturated heterocycles. The van der Waals surface area contributed by atoms with Crippen molar-refractivity contribution in [2.75, 3.05) is 10.5 Å². The summed E-state index contributed by atoms with van der Waals surface area (Å²) in [5.41, 5.74) is 0.239. The fraction of sp³-hybridized carbons (Fsp3) is 0.500. The lowest BCUT2D eigenvalue weighted by Crippen LogP contribution is -2.41. The highest BCUT2D eigenvalue weighted by Gasteiger charge is 2.22. The fourth-order valence-corrected chi connectivity index (χ4v) is 3.31. The van der Waals surface area contributed by atoms with Gasteiger partial charge in [0.1, 0.15) is 6.04 Å². The number of para-hydroxylation sites is 1. The average Bonchev–Trinajstić information content (AvgIpc) is 2.50. The second-order valence-corrected chi connectivity index (χ2v) is 7.31. The lowest BCUT2D eigenvalue weighted by molar-refractivity contribution is -0.139. The molecule has 1 amide bonds. The molecule has 0 aliphatic rings. The summed E-state index contributed by atoms with van der Waals surface area (Å²) >= 11 is 0. The van der Waals surface area contributed by atoms with Gasteiger partial charge < -0.3 is 10.4 Å². The molecule has 1 unspecified atom stereocenters. The van der Waals surface area contributed by atoms with Gasteiger partial charge in [-0.2, -0.15) is 0 Å². The van der Waals surface area contributed by atoms with Gasteiger partial charge in [0.15, 0.2) is 0 Å². The third kappa shape index (κ3) is 6.19. The Morgan fingerprint density at radius 1 is 1.17 bits per heavy atom. The van der Waals surface area contributed by atoms with Crippen molar-refractivity contribution in [3.8, 4) is 0 Å². The average molecular weight is 356 g/mol. The summed E-state index contributed by atoms with van der Waals surface area (Å²) in [6.45, 7) is 3.67. The van der Waals surface area contributed by atoms with Gasteiger partial charge in [-0.25, -0.2) is 13.2 Å². The summed E-state index contributed by atoms with van der Waals surface area (Å²) in [7, 11) is -3.55. The largest absolute Gasteiger partial charge is 0.480 e. The molecule has 0 bridgehead atoms. The van der Waals surface area contributed by atoms with E-state index in [4.69, 9.17) is 0 Å². The van der Waals surface area contributed by atoms with E-state index in [1.165, 1.54) is 12.1 Å². The van der Waals surface area contributed by atoms with Gasteiger partial charge in [0.25, 0.3) is 5.91 Å². The highest BCUT2D eigenvalue weighted by atomic mass is 32.2. The highest BCUT2D eigenvalue weighted by Crippen LogP contribution is 2.17. The molecule has 7 nitrogen and oxygen atoms in total. The lowest BCUT2D eigenvalue weighted by Gasteiger charge is -2.16. The maximum absolute atomic E-state index is 12.4. The second kappa shape index (κ2) is 9.27. The fourth-order valence-electron chi connectivity index (χ4n) is 2.16. The first-order valence-electron chi connectivity index (χ1n) is 7.94. The van der Waals surface area contributed by atoms with E-state index >= 15 is 0 Å². The summed E-state index contributed by atoms with van der Waals surface area (Å²) < 4.78 is 26.2. The molecule has 0 heterocycles. The Morgan fingerprint density at radius 3 is 2.42 bits per heavy atom. The van der Waals surface area contributed by atoms with Crippen molar-refractivity contribution >= 4 is 27.6 Å². The van der Waals surface area contributed by atoms with E-state index in [1.807, 2.05) is 6.92 Å². The van der Waals surface area contributed by atoms with Crippen LogP contribution in [0.15, 0.2) is 24.3 Å². The molecule has 0 spiro atoms. The van der Waals surface area contributed by atoms with Gasteiger partial charge in [-0.1, -0.05) is 38.8 Å². The number of nitrogens with one attached hydrogen (secondary N) is 2. The van der Waals surface area contributed by atoms with Crippen LogP contribution in [0.3, 0.4) is 0 Å². The first-order chi connectivity index (χ1) is 11.3. The number of benzene rings is 1. The zero-order valence-corrected chi connectivity index (χ0v) is 14.7. The summed E-state index contributed by atoms with van der Waals surface area (Å²) in [5, 5.41) is 11.6. The molecule has 1 aromatic carbocycles. The molecule has 0 aromatic heterocycles. The number of unbranched alkanes of at least 4 members (excludes halogenated alkanes) is 1. The van der Waals surface area contributed by atoms with Crippen LogP contribution >= 0.6 is 0 Å². The van der Waals surface area contributed by atoms with E-state index < -0.39 is 27.9 Å². The quantitative estimate of drug-likeness (QED) is 0.595. The number of hydrogen-bond donors (Lipinski definition) is 3. The molecule has 8 heteroatoms. The van der Waals surface area contributed by atoms with Crippen LogP contribution in [0.25, 0.3) is 0 Å². The molecule has 0 radical (unpaired) electrons. The van der Waals surface area contributed by atoms with Crippen LogP contribution in [0.4, 0.5) is 5.69 Å². The standard InChI is InChI=1S/C16H24N2O5S/c1-3-5-9-14(16(20)21)17-15(19)12-8-6-7-10-13(12)18-24(22,23)11-4-2/h6-8,10,14,18H,3-5,9,11H2,1-2H3,(H,17,19)(H,20,21). The third-order valence-corrected chi connectivity index (χ3v) is 4.84. The number of carbonyl (C=O) groups excluding carboxylic acids is 1. The van der Waals surface area contributed by atoms with Crippen LogP contribution in [0.5, 0.6) is 0 Å². The Balaban J connectivity index is 2.96. The predicted octanol–water partition coefficient (Wildman–Crippen LogP) is 2.21. The van der Waals surface area contributed by atoms with Crippen LogP contribution < -0.4 is 10.0 Å². The summed E-state index contributed by atoms with van der Waals surface area (Å²) in [6.07, 6.45) is 2.25. The van der Waals surface area contributed by atoms with Gasteiger partial charge in [-0.3, -0.25) is 9.52 Å². The van der Waals surface area contributed by atoms with Crippen LogP contribution in [-0.4, -0.2) is 37.2 Å². The topological polar surface area (TPSA) is 113 Å². The molecule has 0 aliphatic carbocycles. The maximum atomic E-state index is 12.4. The van der Waals surface area contributed by atoms with Crippen molar-refractivity contribution in [1.82, 2.24) is 5.32 Å². The van der Waals surface area contributed by atoms with Crippen molar-refractivity contribution in [1.29, 1.82) is 0 Å². The molecule has 1 aromatic rings. The van der Waals surface area contributed by atoms with Gasteiger partial charge in [0, 0.05) is 0 Å².